The van der Waals surface area contributed by atoms with Crippen molar-refractivity contribution in [1.29, 1.82) is 0 Å². The van der Waals surface area contributed by atoms with E-state index in [0.29, 0.717) is 0 Å². The van der Waals surface area contributed by atoms with Gasteiger partial charge in [0.25, 0.3) is 0 Å². The fraction of sp³-hybridized carbons (Fsp3) is 0. The molecule has 0 saturated heterocycles. The second-order valence-electron chi connectivity index (χ2n) is 2.33. The number of carbonyl (C=O) groups excluding carboxylic acids is 1. The average Bonchev–Trinajstić information content (AvgIpc) is 2.17. The van der Waals surface area contributed by atoms with Gasteiger partial charge in [0.2, 0.25) is 0 Å². The van der Waals surface area contributed by atoms with Crippen molar-refractivity contribution in [2.45, 2.75) is 0 Å². The number of carbonyl (C=O) groups is 1. The van der Waals surface area contributed by atoms with Crippen LogP contribution < -0.4 is 0 Å². The lowest BCUT2D eigenvalue weighted by Gasteiger charge is -1.99. The van der Waals surface area contributed by atoms with Crippen molar-refractivity contribution in [3.63, 3.8) is 0 Å². The first-order valence-corrected chi connectivity index (χ1v) is 4.65. The van der Waals surface area contributed by atoms with Crippen molar-refractivity contribution in [2.75, 3.05) is 0 Å². The standard InChI is InChI=1S/C7H5N3O4S/c8-10-9-6-3-1-2-5(4-6)7(11)14-15(12)13/h1-4H,(H,12,13). The summed E-state index contributed by atoms with van der Waals surface area (Å²) in [6, 6.07) is 5.55. The minimum atomic E-state index is -2.66. The first-order valence-electron chi connectivity index (χ1n) is 3.62. The number of rotatable bonds is 3. The van der Waals surface area contributed by atoms with Crippen LogP contribution in [-0.4, -0.2) is 14.7 Å². The van der Waals surface area contributed by atoms with Gasteiger partial charge in [0.05, 0.1) is 5.56 Å². The summed E-state index contributed by atoms with van der Waals surface area (Å²) in [7, 11) is 0. The zero-order valence-electron chi connectivity index (χ0n) is 7.23. The van der Waals surface area contributed by atoms with Gasteiger partial charge in [-0.2, -0.15) is 4.21 Å². The van der Waals surface area contributed by atoms with Gasteiger partial charge >= 0.3 is 17.3 Å². The molecule has 1 aromatic carbocycles. The lowest BCUT2D eigenvalue weighted by Crippen LogP contribution is -2.06. The number of benzene rings is 1. The first kappa shape index (κ1) is 11.2. The number of nitrogens with zero attached hydrogens (tertiary/aromatic N) is 3. The summed E-state index contributed by atoms with van der Waals surface area (Å²) in [4.78, 5) is 13.6. The van der Waals surface area contributed by atoms with Crippen molar-refractivity contribution < 1.29 is 17.7 Å². The molecule has 1 N–H and O–H groups in total. The topological polar surface area (TPSA) is 112 Å². The van der Waals surface area contributed by atoms with Crippen LogP contribution in [0.5, 0.6) is 0 Å². The molecule has 0 heterocycles. The minimum absolute atomic E-state index is 0.0299. The molecule has 8 heteroatoms. The average molecular weight is 227 g/mol. The van der Waals surface area contributed by atoms with Crippen molar-refractivity contribution in [3.05, 3.63) is 40.3 Å². The summed E-state index contributed by atoms with van der Waals surface area (Å²) >= 11 is -2.66. The van der Waals surface area contributed by atoms with Gasteiger partial charge in [-0.3, -0.25) is 4.55 Å². The third kappa shape index (κ3) is 3.39. The van der Waals surface area contributed by atoms with E-state index in [1.54, 1.807) is 0 Å². The number of azide groups is 1. The number of hydrogen-bond acceptors (Lipinski definition) is 4. The molecule has 1 unspecified atom stereocenters. The second-order valence-corrected chi connectivity index (χ2v) is 2.93. The Hall–Kier alpha value is -1.89. The molecule has 0 saturated carbocycles. The highest BCUT2D eigenvalue weighted by Gasteiger charge is 2.10. The van der Waals surface area contributed by atoms with E-state index in [0.717, 1.165) is 0 Å². The summed E-state index contributed by atoms with van der Waals surface area (Å²) in [5.41, 5.74) is 8.40. The van der Waals surface area contributed by atoms with Gasteiger partial charge in [-0.15, -0.1) is 0 Å². The largest absolute Gasteiger partial charge is 0.360 e. The Balaban J connectivity index is 2.94. The monoisotopic (exact) mass is 227 g/mol. The van der Waals surface area contributed by atoms with Gasteiger partial charge < -0.3 is 4.18 Å². The molecule has 1 aromatic rings. The Morgan fingerprint density at radius 2 is 2.33 bits per heavy atom. The first-order chi connectivity index (χ1) is 7.13. The highest BCUT2D eigenvalue weighted by atomic mass is 32.2. The van der Waals surface area contributed by atoms with Crippen molar-refractivity contribution in [3.8, 4) is 0 Å². The predicted molar refractivity (Wildman–Crippen MR) is 51.4 cm³/mol. The zero-order valence-corrected chi connectivity index (χ0v) is 8.05. The Morgan fingerprint density at radius 3 is 2.93 bits per heavy atom. The maximum atomic E-state index is 11.1. The fourth-order valence-corrected chi connectivity index (χ4v) is 1.09. The molecule has 15 heavy (non-hydrogen) atoms. The third-order valence-corrected chi connectivity index (χ3v) is 1.68. The van der Waals surface area contributed by atoms with Crippen LogP contribution in [0.25, 0.3) is 10.4 Å². The van der Waals surface area contributed by atoms with Crippen LogP contribution in [0, 0.1) is 0 Å². The van der Waals surface area contributed by atoms with E-state index in [2.05, 4.69) is 14.2 Å². The highest BCUT2D eigenvalue weighted by molar-refractivity contribution is 7.74. The maximum absolute atomic E-state index is 11.1. The van der Waals surface area contributed by atoms with Gasteiger partial charge in [0.15, 0.2) is 0 Å². The molecule has 0 aliphatic heterocycles. The van der Waals surface area contributed by atoms with E-state index in [4.69, 9.17) is 10.1 Å². The van der Waals surface area contributed by atoms with E-state index in [9.17, 15) is 9.00 Å². The molecule has 0 bridgehead atoms. The van der Waals surface area contributed by atoms with Gasteiger partial charge in [-0.1, -0.05) is 17.2 Å². The van der Waals surface area contributed by atoms with Crippen LogP contribution in [0.15, 0.2) is 29.4 Å². The molecule has 0 aliphatic carbocycles. The summed E-state index contributed by atoms with van der Waals surface area (Å²) in [6.07, 6.45) is 0. The smallest absolute Gasteiger partial charge is 0.339 e. The van der Waals surface area contributed by atoms with Crippen LogP contribution in [-0.2, 0) is 15.5 Å². The summed E-state index contributed by atoms with van der Waals surface area (Å²) in [6.45, 7) is 0. The van der Waals surface area contributed by atoms with Crippen molar-refractivity contribution >= 4 is 23.0 Å². The third-order valence-electron chi connectivity index (χ3n) is 1.39. The molecule has 7 nitrogen and oxygen atoms in total. The second kappa shape index (κ2) is 5.11. The molecule has 0 spiro atoms. The summed E-state index contributed by atoms with van der Waals surface area (Å²) in [5.74, 6) is -0.967. The molecule has 0 aliphatic rings. The number of hydrogen-bond donors (Lipinski definition) is 1. The Morgan fingerprint density at radius 1 is 1.60 bits per heavy atom. The van der Waals surface area contributed by atoms with Crippen LogP contribution in [0.4, 0.5) is 5.69 Å². The van der Waals surface area contributed by atoms with Gasteiger partial charge in [0, 0.05) is 10.6 Å². The van der Waals surface area contributed by atoms with E-state index in [1.165, 1.54) is 24.3 Å². The van der Waals surface area contributed by atoms with Crippen LogP contribution >= 0.6 is 0 Å². The molecular formula is C7H5N3O4S. The summed E-state index contributed by atoms with van der Waals surface area (Å²) < 4.78 is 22.5. The van der Waals surface area contributed by atoms with Crippen LogP contribution in [0.3, 0.4) is 0 Å². The molecule has 0 fully saturated rings. The molecule has 0 amide bonds. The normalized spacial score (nSPS) is 11.3. The van der Waals surface area contributed by atoms with E-state index in [-0.39, 0.29) is 11.3 Å². The lowest BCUT2D eigenvalue weighted by molar-refractivity contribution is 0.0743. The van der Waals surface area contributed by atoms with Crippen LogP contribution in [0.1, 0.15) is 10.4 Å². The van der Waals surface area contributed by atoms with Gasteiger partial charge in [-0.05, 0) is 17.7 Å². The Labute approximate surface area is 86.8 Å². The Bertz CT molecular complexity index is 455. The van der Waals surface area contributed by atoms with E-state index >= 15 is 0 Å². The van der Waals surface area contributed by atoms with E-state index < -0.39 is 17.3 Å². The summed E-state index contributed by atoms with van der Waals surface area (Å²) in [5, 5.41) is 3.26. The predicted octanol–water partition coefficient (Wildman–Crippen LogP) is 1.92. The molecule has 0 aromatic heterocycles. The molecular weight excluding hydrogens is 222 g/mol. The highest BCUT2D eigenvalue weighted by Crippen LogP contribution is 2.15. The molecule has 1 atom stereocenters. The van der Waals surface area contributed by atoms with Crippen molar-refractivity contribution in [1.82, 2.24) is 0 Å². The van der Waals surface area contributed by atoms with Gasteiger partial charge in [-0.25, -0.2) is 4.79 Å². The van der Waals surface area contributed by atoms with Crippen LogP contribution in [0.2, 0.25) is 0 Å². The maximum Gasteiger partial charge on any atom is 0.360 e. The quantitative estimate of drug-likeness (QED) is 0.367. The molecule has 1 rings (SSSR count). The SMILES string of the molecule is [N-]=[N+]=Nc1cccc(C(=O)OS(=O)O)c1. The van der Waals surface area contributed by atoms with E-state index in [1.807, 2.05) is 0 Å². The lowest BCUT2D eigenvalue weighted by atomic mass is 10.2. The Kier molecular flexibility index (Phi) is 3.81. The molecule has 78 valence electrons. The van der Waals surface area contributed by atoms with Crippen molar-refractivity contribution in [2.24, 2.45) is 5.11 Å². The zero-order chi connectivity index (χ0) is 11.3. The minimum Gasteiger partial charge on any atom is -0.339 e. The molecule has 0 radical (unpaired) electrons. The van der Waals surface area contributed by atoms with Gasteiger partial charge in [0.1, 0.15) is 0 Å². The fourth-order valence-electron chi connectivity index (χ4n) is 0.860.